The summed E-state index contributed by atoms with van der Waals surface area (Å²) in [6.07, 6.45) is 1.05. The van der Waals surface area contributed by atoms with Crippen LogP contribution < -0.4 is 0 Å². The van der Waals surface area contributed by atoms with Crippen LogP contribution in [-0.2, 0) is 5.41 Å². The minimum atomic E-state index is -0.324. The van der Waals surface area contributed by atoms with Crippen molar-refractivity contribution in [3.63, 3.8) is 0 Å². The Hall–Kier alpha value is -2.16. The second kappa shape index (κ2) is 4.44. The molecular formula is C17H17NO2. The highest BCUT2D eigenvalue weighted by Gasteiger charge is 2.52. The van der Waals surface area contributed by atoms with Crippen molar-refractivity contribution in [2.75, 3.05) is 0 Å². The van der Waals surface area contributed by atoms with E-state index >= 15 is 0 Å². The van der Waals surface area contributed by atoms with E-state index in [1.54, 1.807) is 18.2 Å². The second-order valence-corrected chi connectivity index (χ2v) is 5.89. The van der Waals surface area contributed by atoms with Gasteiger partial charge in [0, 0.05) is 12.1 Å². The molecule has 3 rings (SSSR count). The highest BCUT2D eigenvalue weighted by Crippen LogP contribution is 2.60. The molecule has 1 aliphatic rings. The van der Waals surface area contributed by atoms with Gasteiger partial charge in [-0.1, -0.05) is 48.9 Å². The number of nitro groups is 1. The summed E-state index contributed by atoms with van der Waals surface area (Å²) in [4.78, 5) is 10.5. The van der Waals surface area contributed by atoms with Crippen molar-refractivity contribution in [3.8, 4) is 0 Å². The summed E-state index contributed by atoms with van der Waals surface area (Å²) in [6, 6.07) is 15.6. The van der Waals surface area contributed by atoms with Crippen molar-refractivity contribution in [2.45, 2.75) is 31.6 Å². The summed E-state index contributed by atoms with van der Waals surface area (Å²) in [5.74, 6) is 0.380. The van der Waals surface area contributed by atoms with Crippen LogP contribution in [0.5, 0.6) is 0 Å². The summed E-state index contributed by atoms with van der Waals surface area (Å²) in [5.41, 5.74) is 3.94. The molecule has 0 aliphatic heterocycles. The topological polar surface area (TPSA) is 43.1 Å². The number of hydrogen-bond donors (Lipinski definition) is 0. The van der Waals surface area contributed by atoms with Crippen LogP contribution in [0.3, 0.4) is 0 Å². The first-order chi connectivity index (χ1) is 9.50. The summed E-state index contributed by atoms with van der Waals surface area (Å²) >= 11 is 0. The van der Waals surface area contributed by atoms with Gasteiger partial charge in [0.15, 0.2) is 0 Å². The molecule has 3 nitrogen and oxygen atoms in total. The van der Waals surface area contributed by atoms with Crippen LogP contribution in [0.1, 0.15) is 36.0 Å². The van der Waals surface area contributed by atoms with Gasteiger partial charge in [0.25, 0.3) is 5.69 Å². The van der Waals surface area contributed by atoms with Gasteiger partial charge in [0.1, 0.15) is 0 Å². The van der Waals surface area contributed by atoms with Crippen LogP contribution in [0.15, 0.2) is 48.5 Å². The molecule has 2 aromatic rings. The van der Waals surface area contributed by atoms with E-state index in [0.29, 0.717) is 5.92 Å². The maximum absolute atomic E-state index is 10.9. The molecule has 0 unspecified atom stereocenters. The van der Waals surface area contributed by atoms with Gasteiger partial charge in [-0.05, 0) is 35.8 Å². The highest BCUT2D eigenvalue weighted by atomic mass is 16.6. The number of nitrogens with zero attached hydrogens (tertiary/aromatic N) is 1. The van der Waals surface area contributed by atoms with E-state index in [-0.39, 0.29) is 16.0 Å². The van der Waals surface area contributed by atoms with E-state index in [9.17, 15) is 10.1 Å². The predicted octanol–water partition coefficient (Wildman–Crippen LogP) is 4.35. The Kier molecular flexibility index (Phi) is 2.85. The van der Waals surface area contributed by atoms with Gasteiger partial charge in [-0.3, -0.25) is 10.1 Å². The van der Waals surface area contributed by atoms with Crippen LogP contribution in [0.4, 0.5) is 5.69 Å². The van der Waals surface area contributed by atoms with Crippen molar-refractivity contribution in [1.82, 2.24) is 0 Å². The molecule has 3 heteroatoms. The second-order valence-electron chi connectivity index (χ2n) is 5.89. The molecule has 0 heterocycles. The zero-order valence-corrected chi connectivity index (χ0v) is 11.7. The number of benzene rings is 2. The van der Waals surface area contributed by atoms with Gasteiger partial charge in [0.05, 0.1) is 4.92 Å². The Balaban J connectivity index is 1.89. The number of nitro benzene ring substituents is 1. The molecule has 20 heavy (non-hydrogen) atoms. The Morgan fingerprint density at radius 1 is 1.20 bits per heavy atom. The van der Waals surface area contributed by atoms with E-state index in [4.69, 9.17) is 0 Å². The number of non-ortho nitro benzene ring substituents is 1. The summed E-state index contributed by atoms with van der Waals surface area (Å²) in [7, 11) is 0. The van der Waals surface area contributed by atoms with Crippen molar-refractivity contribution in [1.29, 1.82) is 0 Å². The first kappa shape index (κ1) is 12.9. The Morgan fingerprint density at radius 2 is 1.90 bits per heavy atom. The Bertz CT molecular complexity index is 663. The van der Waals surface area contributed by atoms with Crippen LogP contribution in [-0.4, -0.2) is 4.92 Å². The number of rotatable bonds is 3. The quantitative estimate of drug-likeness (QED) is 0.613. The largest absolute Gasteiger partial charge is 0.269 e. The van der Waals surface area contributed by atoms with Gasteiger partial charge in [-0.2, -0.15) is 0 Å². The van der Waals surface area contributed by atoms with Gasteiger partial charge in [-0.25, -0.2) is 0 Å². The molecule has 1 fully saturated rings. The molecule has 102 valence electrons. The molecule has 0 amide bonds. The molecule has 2 aromatic carbocycles. The molecule has 0 spiro atoms. The monoisotopic (exact) mass is 267 g/mol. The van der Waals surface area contributed by atoms with E-state index < -0.39 is 0 Å². The lowest BCUT2D eigenvalue weighted by Gasteiger charge is -2.12. The molecule has 0 radical (unpaired) electrons. The standard InChI is InChI=1S/C17H17NO2/c1-12-6-8-14(9-7-12)17(2)11-16(17)13-4-3-5-15(10-13)18(19)20/h3-10,16H,11H2,1-2H3/t16-,17-/m1/s1. The van der Waals surface area contributed by atoms with Crippen LogP contribution in [0.25, 0.3) is 0 Å². The van der Waals surface area contributed by atoms with Crippen LogP contribution in [0, 0.1) is 17.0 Å². The predicted molar refractivity (Wildman–Crippen MR) is 79.0 cm³/mol. The van der Waals surface area contributed by atoms with Gasteiger partial charge < -0.3 is 0 Å². The summed E-state index contributed by atoms with van der Waals surface area (Å²) in [5, 5.41) is 10.9. The summed E-state index contributed by atoms with van der Waals surface area (Å²) in [6.45, 7) is 4.32. The summed E-state index contributed by atoms with van der Waals surface area (Å²) < 4.78 is 0. The lowest BCUT2D eigenvalue weighted by Crippen LogP contribution is -2.04. The first-order valence-corrected chi connectivity index (χ1v) is 6.82. The smallest absolute Gasteiger partial charge is 0.258 e. The zero-order chi connectivity index (χ0) is 14.3. The van der Waals surface area contributed by atoms with Crippen molar-refractivity contribution in [2.24, 2.45) is 0 Å². The van der Waals surface area contributed by atoms with Crippen molar-refractivity contribution < 1.29 is 4.92 Å². The molecular weight excluding hydrogens is 250 g/mol. The minimum Gasteiger partial charge on any atom is -0.258 e. The van der Waals surface area contributed by atoms with Crippen LogP contribution in [0.2, 0.25) is 0 Å². The first-order valence-electron chi connectivity index (χ1n) is 6.82. The zero-order valence-electron chi connectivity index (χ0n) is 11.7. The van der Waals surface area contributed by atoms with E-state index in [0.717, 1.165) is 12.0 Å². The minimum absolute atomic E-state index is 0.114. The molecule has 1 aliphatic carbocycles. The fraction of sp³-hybridized carbons (Fsp3) is 0.294. The lowest BCUT2D eigenvalue weighted by atomic mass is 9.92. The SMILES string of the molecule is Cc1ccc([C@@]2(C)C[C@@H]2c2cccc([N+](=O)[O-])c2)cc1. The number of aryl methyl sites for hydroxylation is 1. The average molecular weight is 267 g/mol. The van der Waals surface area contributed by atoms with Crippen molar-refractivity contribution >= 4 is 5.69 Å². The molecule has 0 N–H and O–H groups in total. The molecule has 1 saturated carbocycles. The molecule has 2 atom stereocenters. The normalized spacial score (nSPS) is 24.4. The van der Waals surface area contributed by atoms with Gasteiger partial charge >= 0.3 is 0 Å². The fourth-order valence-electron chi connectivity index (χ4n) is 2.96. The Labute approximate surface area is 118 Å². The Morgan fingerprint density at radius 3 is 2.55 bits per heavy atom. The van der Waals surface area contributed by atoms with Crippen molar-refractivity contribution in [3.05, 3.63) is 75.3 Å². The molecule has 0 aromatic heterocycles. The highest BCUT2D eigenvalue weighted by molar-refractivity contribution is 5.46. The lowest BCUT2D eigenvalue weighted by molar-refractivity contribution is -0.384. The van der Waals surface area contributed by atoms with E-state index in [1.807, 2.05) is 6.07 Å². The third-order valence-corrected chi connectivity index (χ3v) is 4.43. The maximum Gasteiger partial charge on any atom is 0.269 e. The molecule has 0 bridgehead atoms. The van der Waals surface area contributed by atoms with Gasteiger partial charge in [-0.15, -0.1) is 0 Å². The maximum atomic E-state index is 10.9. The van der Waals surface area contributed by atoms with E-state index in [2.05, 4.69) is 38.1 Å². The third kappa shape index (κ3) is 2.09. The van der Waals surface area contributed by atoms with Gasteiger partial charge in [0.2, 0.25) is 0 Å². The fourth-order valence-corrected chi connectivity index (χ4v) is 2.96. The third-order valence-electron chi connectivity index (χ3n) is 4.43. The van der Waals surface area contributed by atoms with Crippen LogP contribution >= 0.6 is 0 Å². The molecule has 0 saturated heterocycles. The number of hydrogen-bond acceptors (Lipinski definition) is 2. The van der Waals surface area contributed by atoms with E-state index in [1.165, 1.54) is 11.1 Å². The average Bonchev–Trinajstić information content (AvgIpc) is 3.13.